The molecule has 6 aromatic rings. The Kier molecular flexibility index (Phi) is 7.78. The van der Waals surface area contributed by atoms with E-state index < -0.39 is 11.1 Å². The molecule has 0 unspecified atom stereocenters. The van der Waals surface area contributed by atoms with E-state index in [0.29, 0.717) is 0 Å². The molecule has 7 rings (SSSR count). The molecule has 1 saturated heterocycles. The predicted octanol–water partition coefficient (Wildman–Crippen LogP) is 7.64. The van der Waals surface area contributed by atoms with Crippen molar-refractivity contribution in [3.8, 4) is 0 Å². The van der Waals surface area contributed by atoms with Crippen LogP contribution in [0.3, 0.4) is 0 Å². The van der Waals surface area contributed by atoms with Gasteiger partial charge in [0.25, 0.3) is 0 Å². The molecule has 224 valence electrons. The highest BCUT2D eigenvalue weighted by molar-refractivity contribution is 5.95. The standard InChI is InChI=1S/C42H34N2O2/c45-39-32-44(42(36-25-13-4-14-26-36,37-27-15-5-16-28-37)38-29-17-6-18-30-38)40(46)31-43(39)41(33-19-7-1-8-20-33,34-21-9-2-10-22-34)35-23-11-3-12-24-35/h1-30H,31-32H2. The first-order valence-electron chi connectivity index (χ1n) is 15.6. The van der Waals surface area contributed by atoms with E-state index in [4.69, 9.17) is 0 Å². The molecule has 1 heterocycles. The highest BCUT2D eigenvalue weighted by atomic mass is 16.2. The van der Waals surface area contributed by atoms with Crippen LogP contribution in [-0.4, -0.2) is 34.7 Å². The summed E-state index contributed by atoms with van der Waals surface area (Å²) >= 11 is 0. The molecule has 2 amide bonds. The molecule has 1 aliphatic heterocycles. The average Bonchev–Trinajstić information content (AvgIpc) is 3.13. The minimum absolute atomic E-state index is 0.105. The fourth-order valence-electron chi connectivity index (χ4n) is 7.24. The van der Waals surface area contributed by atoms with E-state index in [1.807, 2.05) is 182 Å². The molecule has 46 heavy (non-hydrogen) atoms. The first kappa shape index (κ1) is 29.0. The summed E-state index contributed by atoms with van der Waals surface area (Å²) in [4.78, 5) is 33.6. The van der Waals surface area contributed by atoms with Crippen LogP contribution in [-0.2, 0) is 20.7 Å². The number of rotatable bonds is 8. The summed E-state index contributed by atoms with van der Waals surface area (Å²) in [5.74, 6) is -0.272. The van der Waals surface area contributed by atoms with Crippen LogP contribution in [0, 0.1) is 0 Å². The maximum Gasteiger partial charge on any atom is 0.243 e. The Bertz CT molecular complexity index is 1580. The van der Waals surface area contributed by atoms with Gasteiger partial charge in [0.2, 0.25) is 11.8 Å². The van der Waals surface area contributed by atoms with Crippen molar-refractivity contribution in [2.75, 3.05) is 13.1 Å². The molecule has 0 aliphatic carbocycles. The van der Waals surface area contributed by atoms with E-state index >= 15 is 0 Å². The zero-order valence-corrected chi connectivity index (χ0v) is 25.4. The topological polar surface area (TPSA) is 40.6 Å². The van der Waals surface area contributed by atoms with Gasteiger partial charge in [0.15, 0.2) is 0 Å². The molecule has 4 heteroatoms. The van der Waals surface area contributed by atoms with Crippen LogP contribution in [0.2, 0.25) is 0 Å². The van der Waals surface area contributed by atoms with E-state index in [-0.39, 0.29) is 24.9 Å². The fraction of sp³-hybridized carbons (Fsp3) is 0.0952. The Hall–Kier alpha value is -5.74. The Morgan fingerprint density at radius 2 is 0.478 bits per heavy atom. The van der Waals surface area contributed by atoms with Crippen LogP contribution in [0.15, 0.2) is 182 Å². The summed E-state index contributed by atoms with van der Waals surface area (Å²) in [5.41, 5.74) is 3.45. The lowest BCUT2D eigenvalue weighted by molar-refractivity contribution is -0.157. The van der Waals surface area contributed by atoms with E-state index in [9.17, 15) is 9.59 Å². The van der Waals surface area contributed by atoms with Gasteiger partial charge in [0.1, 0.15) is 24.2 Å². The lowest BCUT2D eigenvalue weighted by Crippen LogP contribution is -2.65. The molecule has 0 N–H and O–H groups in total. The van der Waals surface area contributed by atoms with Crippen molar-refractivity contribution >= 4 is 11.8 Å². The van der Waals surface area contributed by atoms with E-state index in [0.717, 1.165) is 33.4 Å². The van der Waals surface area contributed by atoms with Gasteiger partial charge in [-0.2, -0.15) is 0 Å². The van der Waals surface area contributed by atoms with E-state index in [2.05, 4.69) is 0 Å². The van der Waals surface area contributed by atoms with Gasteiger partial charge in [-0.15, -0.1) is 0 Å². The monoisotopic (exact) mass is 598 g/mol. The Morgan fingerprint density at radius 3 is 0.652 bits per heavy atom. The van der Waals surface area contributed by atoms with Crippen molar-refractivity contribution in [2.24, 2.45) is 0 Å². The summed E-state index contributed by atoms with van der Waals surface area (Å²) in [6.07, 6.45) is 0. The van der Waals surface area contributed by atoms with Crippen molar-refractivity contribution in [3.05, 3.63) is 215 Å². The average molecular weight is 599 g/mol. The molecule has 1 aliphatic rings. The summed E-state index contributed by atoms with van der Waals surface area (Å²) in [6, 6.07) is 60.3. The zero-order chi connectivity index (χ0) is 31.4. The molecule has 4 nitrogen and oxygen atoms in total. The molecule has 0 aromatic heterocycles. The summed E-state index contributed by atoms with van der Waals surface area (Å²) < 4.78 is 0. The fourth-order valence-corrected chi connectivity index (χ4v) is 7.24. The number of nitrogens with zero attached hydrogens (tertiary/aromatic N) is 2. The second-order valence-corrected chi connectivity index (χ2v) is 11.6. The number of carbonyl (C=O) groups is 2. The quantitative estimate of drug-likeness (QED) is 0.169. The van der Waals surface area contributed by atoms with Crippen LogP contribution in [0.25, 0.3) is 0 Å². The molecule has 0 radical (unpaired) electrons. The van der Waals surface area contributed by atoms with Crippen LogP contribution < -0.4 is 0 Å². The highest BCUT2D eigenvalue weighted by Gasteiger charge is 2.53. The predicted molar refractivity (Wildman–Crippen MR) is 182 cm³/mol. The van der Waals surface area contributed by atoms with Crippen LogP contribution in [0.5, 0.6) is 0 Å². The molecule has 0 spiro atoms. The van der Waals surface area contributed by atoms with Gasteiger partial charge < -0.3 is 9.80 Å². The van der Waals surface area contributed by atoms with Crippen molar-refractivity contribution < 1.29 is 9.59 Å². The van der Waals surface area contributed by atoms with Gasteiger partial charge >= 0.3 is 0 Å². The van der Waals surface area contributed by atoms with Crippen LogP contribution in [0.4, 0.5) is 0 Å². The lowest BCUT2D eigenvalue weighted by Gasteiger charge is -2.52. The number of carbonyl (C=O) groups excluding carboxylic acids is 2. The Balaban J connectivity index is 1.45. The largest absolute Gasteiger partial charge is 0.314 e. The number of piperazine rings is 1. The second-order valence-electron chi connectivity index (χ2n) is 11.6. The second kappa shape index (κ2) is 12.3. The van der Waals surface area contributed by atoms with Crippen LogP contribution >= 0.6 is 0 Å². The first-order chi connectivity index (χ1) is 22.7. The molecule has 0 bridgehead atoms. The molecular formula is C42H34N2O2. The van der Waals surface area contributed by atoms with Gasteiger partial charge in [0, 0.05) is 0 Å². The van der Waals surface area contributed by atoms with E-state index in [1.54, 1.807) is 9.80 Å². The maximum absolute atomic E-state index is 15.0. The van der Waals surface area contributed by atoms with Crippen molar-refractivity contribution in [3.63, 3.8) is 0 Å². The third kappa shape index (κ3) is 4.70. The SMILES string of the molecule is O=C1CN(C(c2ccccc2)(c2ccccc2)c2ccccc2)C(=O)CN1C(c1ccccc1)(c1ccccc1)c1ccccc1. The van der Waals surface area contributed by atoms with Gasteiger partial charge in [-0.25, -0.2) is 0 Å². The highest BCUT2D eigenvalue weighted by Crippen LogP contribution is 2.47. The van der Waals surface area contributed by atoms with Crippen molar-refractivity contribution in [1.82, 2.24) is 9.80 Å². The summed E-state index contributed by atoms with van der Waals surface area (Å²) in [5, 5.41) is 0. The summed E-state index contributed by atoms with van der Waals surface area (Å²) in [7, 11) is 0. The third-order valence-corrected chi connectivity index (χ3v) is 9.15. The molecule has 6 aromatic carbocycles. The minimum atomic E-state index is -1.03. The number of hydrogen-bond acceptors (Lipinski definition) is 2. The smallest absolute Gasteiger partial charge is 0.243 e. The molecule has 1 fully saturated rings. The van der Waals surface area contributed by atoms with Gasteiger partial charge in [0.05, 0.1) is 0 Å². The summed E-state index contributed by atoms with van der Waals surface area (Å²) in [6.45, 7) is -0.211. The number of amides is 2. The van der Waals surface area contributed by atoms with Gasteiger partial charge in [-0.05, 0) is 33.4 Å². The van der Waals surface area contributed by atoms with Crippen molar-refractivity contribution in [1.29, 1.82) is 0 Å². The number of benzene rings is 6. The third-order valence-electron chi connectivity index (χ3n) is 9.15. The molecule has 0 saturated carbocycles. The lowest BCUT2D eigenvalue weighted by atomic mass is 9.73. The minimum Gasteiger partial charge on any atom is -0.314 e. The first-order valence-corrected chi connectivity index (χ1v) is 15.6. The van der Waals surface area contributed by atoms with Gasteiger partial charge in [-0.3, -0.25) is 9.59 Å². The normalized spacial score (nSPS) is 13.9. The van der Waals surface area contributed by atoms with Gasteiger partial charge in [-0.1, -0.05) is 182 Å². The molecular weight excluding hydrogens is 564 g/mol. The van der Waals surface area contributed by atoms with E-state index in [1.165, 1.54) is 0 Å². The Morgan fingerprint density at radius 1 is 0.304 bits per heavy atom. The Labute approximate surface area is 270 Å². The van der Waals surface area contributed by atoms with Crippen LogP contribution in [0.1, 0.15) is 33.4 Å². The molecule has 0 atom stereocenters. The van der Waals surface area contributed by atoms with Crippen molar-refractivity contribution in [2.45, 2.75) is 11.1 Å². The number of hydrogen-bond donors (Lipinski definition) is 0. The zero-order valence-electron chi connectivity index (χ0n) is 25.4. The maximum atomic E-state index is 15.0.